The number of rotatable bonds is 4. The summed E-state index contributed by atoms with van der Waals surface area (Å²) in [5, 5.41) is 5.76. The Kier molecular flexibility index (Phi) is 8.19. The molecule has 1 aromatic rings. The molecule has 0 unspecified atom stereocenters. The lowest BCUT2D eigenvalue weighted by Crippen LogP contribution is -2.57. The Balaban J connectivity index is 1.60. The number of nitrogens with zero attached hydrogens (tertiary/aromatic N) is 3. The van der Waals surface area contributed by atoms with E-state index in [0.717, 1.165) is 26.2 Å². The number of carbonyl (C=O) groups is 3. The molecular weight excluding hydrogens is 457 g/mol. The van der Waals surface area contributed by atoms with Crippen LogP contribution in [-0.4, -0.2) is 117 Å². The van der Waals surface area contributed by atoms with Gasteiger partial charge in [0.2, 0.25) is 11.8 Å². The molecule has 0 aliphatic carbocycles. The highest BCUT2D eigenvalue weighted by atomic mass is 19.1. The van der Waals surface area contributed by atoms with E-state index in [0.29, 0.717) is 19.4 Å². The van der Waals surface area contributed by atoms with E-state index >= 15 is 0 Å². The Bertz CT molecular complexity index is 939. The Morgan fingerprint density at radius 2 is 2.03 bits per heavy atom. The van der Waals surface area contributed by atoms with Crippen molar-refractivity contribution in [3.63, 3.8) is 0 Å². The summed E-state index contributed by atoms with van der Waals surface area (Å²) in [4.78, 5) is 45.0. The molecule has 0 saturated carbocycles. The molecule has 3 atom stereocenters. The summed E-state index contributed by atoms with van der Waals surface area (Å²) in [7, 11) is 3.51. The summed E-state index contributed by atoms with van der Waals surface area (Å²) in [5.74, 6) is -0.961. The van der Waals surface area contributed by atoms with Gasteiger partial charge >= 0.3 is 0 Å². The van der Waals surface area contributed by atoms with Gasteiger partial charge in [-0.2, -0.15) is 0 Å². The van der Waals surface area contributed by atoms with E-state index in [-0.39, 0.29) is 55.0 Å². The first-order valence-electron chi connectivity index (χ1n) is 12.1. The molecule has 10 nitrogen and oxygen atoms in total. The second-order valence-corrected chi connectivity index (χ2v) is 9.43. The molecule has 35 heavy (non-hydrogen) atoms. The van der Waals surface area contributed by atoms with E-state index < -0.39 is 17.8 Å². The van der Waals surface area contributed by atoms with Crippen molar-refractivity contribution in [2.24, 2.45) is 0 Å². The van der Waals surface area contributed by atoms with Gasteiger partial charge < -0.3 is 29.9 Å². The third-order valence-corrected chi connectivity index (χ3v) is 6.92. The van der Waals surface area contributed by atoms with Gasteiger partial charge in [0.25, 0.3) is 5.91 Å². The van der Waals surface area contributed by atoms with Gasteiger partial charge in [0.05, 0.1) is 17.6 Å². The van der Waals surface area contributed by atoms with Gasteiger partial charge in [0.1, 0.15) is 24.8 Å². The number of carbonyl (C=O) groups excluding carboxylic acids is 3. The second-order valence-electron chi connectivity index (χ2n) is 9.43. The minimum atomic E-state index is -0.525. The smallest absolute Gasteiger partial charge is 0.255 e. The number of halogens is 1. The first-order chi connectivity index (χ1) is 16.9. The predicted molar refractivity (Wildman–Crippen MR) is 126 cm³/mol. The van der Waals surface area contributed by atoms with Gasteiger partial charge in [-0.3, -0.25) is 19.3 Å². The van der Waals surface area contributed by atoms with Crippen LogP contribution in [0.15, 0.2) is 18.2 Å². The standard InChI is InChI=1S/C24H34FN5O5/c1-28-7-9-29(10-8-28)20-5-6-26-23(32)19-11-16(25)3-4-21(19)35-14-18-12-17(13-30(18)24(20)33)27-22(31)15-34-2/h3-4,11,17-18,20H,5-10,12-15H2,1-2H3,(H,26,32)(H,27,31)/t17-,18-,20-/m0/s1. The summed E-state index contributed by atoms with van der Waals surface area (Å²) in [6.45, 7) is 3.91. The lowest BCUT2D eigenvalue weighted by Gasteiger charge is -2.39. The summed E-state index contributed by atoms with van der Waals surface area (Å²) >= 11 is 0. The van der Waals surface area contributed by atoms with E-state index in [2.05, 4.69) is 27.5 Å². The zero-order valence-corrected chi connectivity index (χ0v) is 20.3. The molecule has 11 heteroatoms. The van der Waals surface area contributed by atoms with Gasteiger partial charge in [0.15, 0.2) is 0 Å². The number of fused-ring (bicyclic) bond motifs is 2. The third kappa shape index (κ3) is 6.09. The quantitative estimate of drug-likeness (QED) is 0.596. The number of amides is 3. The Hall–Kier alpha value is -2.76. The average Bonchev–Trinajstić information content (AvgIpc) is 3.23. The van der Waals surface area contributed by atoms with Crippen molar-refractivity contribution in [3.8, 4) is 5.75 Å². The molecule has 3 aliphatic heterocycles. The fourth-order valence-electron chi connectivity index (χ4n) is 5.05. The first kappa shape index (κ1) is 25.3. The Morgan fingerprint density at radius 3 is 2.77 bits per heavy atom. The van der Waals surface area contributed by atoms with Crippen LogP contribution in [-0.2, 0) is 14.3 Å². The molecule has 3 heterocycles. The van der Waals surface area contributed by atoms with Gasteiger partial charge in [-0.15, -0.1) is 0 Å². The second kappa shape index (κ2) is 11.3. The van der Waals surface area contributed by atoms with Crippen molar-refractivity contribution in [1.82, 2.24) is 25.3 Å². The molecular formula is C24H34FN5O5. The van der Waals surface area contributed by atoms with E-state index in [1.165, 1.54) is 25.3 Å². The molecule has 0 radical (unpaired) electrons. The fourth-order valence-corrected chi connectivity index (χ4v) is 5.05. The minimum Gasteiger partial charge on any atom is -0.491 e. The van der Waals surface area contributed by atoms with E-state index in [9.17, 15) is 18.8 Å². The molecule has 4 rings (SSSR count). The fraction of sp³-hybridized carbons (Fsp3) is 0.625. The van der Waals surface area contributed by atoms with Crippen molar-refractivity contribution in [3.05, 3.63) is 29.6 Å². The summed E-state index contributed by atoms with van der Waals surface area (Å²) in [6, 6.07) is 2.90. The molecule has 2 N–H and O–H groups in total. The van der Waals surface area contributed by atoms with E-state index in [1.54, 1.807) is 4.90 Å². The number of hydrogen-bond acceptors (Lipinski definition) is 7. The largest absolute Gasteiger partial charge is 0.491 e. The molecule has 0 spiro atoms. The van der Waals surface area contributed by atoms with Crippen LogP contribution < -0.4 is 15.4 Å². The third-order valence-electron chi connectivity index (χ3n) is 6.92. The number of ether oxygens (including phenoxy) is 2. The first-order valence-corrected chi connectivity index (χ1v) is 12.1. The Labute approximate surface area is 204 Å². The minimum absolute atomic E-state index is 0.0270. The summed E-state index contributed by atoms with van der Waals surface area (Å²) < 4.78 is 24.8. The molecule has 1 aromatic carbocycles. The van der Waals surface area contributed by atoms with Crippen molar-refractivity contribution in [2.75, 3.05) is 66.6 Å². The van der Waals surface area contributed by atoms with Crippen LogP contribution in [0.25, 0.3) is 0 Å². The van der Waals surface area contributed by atoms with Gasteiger partial charge in [0, 0.05) is 52.4 Å². The molecule has 2 saturated heterocycles. The maximum Gasteiger partial charge on any atom is 0.255 e. The monoisotopic (exact) mass is 491 g/mol. The average molecular weight is 492 g/mol. The number of nitrogens with one attached hydrogen (secondary N) is 2. The number of piperazine rings is 1. The van der Waals surface area contributed by atoms with Gasteiger partial charge in [-0.05, 0) is 38.1 Å². The SMILES string of the molecule is COCC(=O)N[C@H]1C[C@H]2COc3ccc(F)cc3C(=O)NCC[C@H](N3CCN(C)CC3)C(=O)N2C1. The predicted octanol–water partition coefficient (Wildman–Crippen LogP) is -0.314. The summed E-state index contributed by atoms with van der Waals surface area (Å²) in [5.41, 5.74) is 0.127. The van der Waals surface area contributed by atoms with Gasteiger partial charge in [-0.25, -0.2) is 4.39 Å². The topological polar surface area (TPSA) is 103 Å². The van der Waals surface area contributed by atoms with E-state index in [1.807, 2.05) is 0 Å². The lowest BCUT2D eigenvalue weighted by molar-refractivity contribution is -0.139. The van der Waals surface area contributed by atoms with Crippen molar-refractivity contribution < 1.29 is 28.2 Å². The highest BCUT2D eigenvalue weighted by molar-refractivity contribution is 5.97. The normalized spacial score (nSPS) is 26.6. The van der Waals surface area contributed by atoms with E-state index in [4.69, 9.17) is 9.47 Å². The molecule has 3 amide bonds. The Morgan fingerprint density at radius 1 is 1.26 bits per heavy atom. The summed E-state index contributed by atoms with van der Waals surface area (Å²) in [6.07, 6.45) is 0.948. The lowest BCUT2D eigenvalue weighted by atomic mass is 10.1. The van der Waals surface area contributed by atoms with Crippen LogP contribution in [0.4, 0.5) is 4.39 Å². The molecule has 2 fully saturated rings. The number of likely N-dealkylation sites (N-methyl/N-ethyl adjacent to an activating group) is 1. The maximum atomic E-state index is 13.9. The zero-order valence-electron chi connectivity index (χ0n) is 20.3. The van der Waals surface area contributed by atoms with Gasteiger partial charge in [-0.1, -0.05) is 0 Å². The molecule has 192 valence electrons. The van der Waals surface area contributed by atoms with Crippen LogP contribution in [0.3, 0.4) is 0 Å². The van der Waals surface area contributed by atoms with Crippen molar-refractivity contribution in [2.45, 2.75) is 31.0 Å². The van der Waals surface area contributed by atoms with Crippen molar-refractivity contribution in [1.29, 1.82) is 0 Å². The van der Waals surface area contributed by atoms with Crippen LogP contribution in [0.5, 0.6) is 5.75 Å². The van der Waals surface area contributed by atoms with Crippen molar-refractivity contribution >= 4 is 17.7 Å². The van der Waals surface area contributed by atoms with Crippen LogP contribution >= 0.6 is 0 Å². The van der Waals surface area contributed by atoms with Crippen LogP contribution in [0.1, 0.15) is 23.2 Å². The molecule has 0 bridgehead atoms. The maximum absolute atomic E-state index is 13.9. The highest BCUT2D eigenvalue weighted by Gasteiger charge is 2.41. The molecule has 3 aliphatic rings. The van der Waals surface area contributed by atoms with Crippen LogP contribution in [0.2, 0.25) is 0 Å². The molecule has 0 aromatic heterocycles. The highest BCUT2D eigenvalue weighted by Crippen LogP contribution is 2.26. The zero-order chi connectivity index (χ0) is 24.9. The number of hydrogen-bond donors (Lipinski definition) is 2. The number of benzene rings is 1. The van der Waals surface area contributed by atoms with Crippen LogP contribution in [0, 0.1) is 5.82 Å². The number of methoxy groups -OCH3 is 1.